The number of carbonyl (C=O) groups is 2. The van der Waals surface area contributed by atoms with Gasteiger partial charge < -0.3 is 10.2 Å². The maximum Gasteiger partial charge on any atom is 0.222 e. The Kier molecular flexibility index (Phi) is 8.26. The molecule has 0 fully saturated rings. The lowest BCUT2D eigenvalue weighted by molar-refractivity contribution is -0.129. The van der Waals surface area contributed by atoms with E-state index in [1.54, 1.807) is 11.8 Å². The molecule has 0 aliphatic carbocycles. The lowest BCUT2D eigenvalue weighted by Crippen LogP contribution is -2.35. The van der Waals surface area contributed by atoms with Gasteiger partial charge in [0.2, 0.25) is 11.8 Å². The van der Waals surface area contributed by atoms with Crippen LogP contribution in [-0.2, 0) is 9.59 Å². The van der Waals surface area contributed by atoms with E-state index < -0.39 is 0 Å². The van der Waals surface area contributed by atoms with Crippen LogP contribution in [0, 0.1) is 0 Å². The second-order valence-corrected chi connectivity index (χ2v) is 5.66. The molecule has 0 aromatic heterocycles. The number of unbranched alkanes of at least 4 members (excludes halogenated alkanes) is 2. The Balaban J connectivity index is 2.38. The van der Waals surface area contributed by atoms with Crippen molar-refractivity contribution in [2.24, 2.45) is 0 Å². The molecule has 4 heteroatoms. The zero-order valence-corrected chi connectivity index (χ0v) is 14.0. The third kappa shape index (κ3) is 6.74. The monoisotopic (exact) mass is 304 g/mol. The van der Waals surface area contributed by atoms with Gasteiger partial charge in [-0.2, -0.15) is 0 Å². The zero-order chi connectivity index (χ0) is 16.4. The van der Waals surface area contributed by atoms with Gasteiger partial charge >= 0.3 is 0 Å². The van der Waals surface area contributed by atoms with Crippen LogP contribution in [0.25, 0.3) is 0 Å². The van der Waals surface area contributed by atoms with Crippen molar-refractivity contribution in [3.63, 3.8) is 0 Å². The van der Waals surface area contributed by atoms with Gasteiger partial charge in [0, 0.05) is 26.4 Å². The van der Waals surface area contributed by atoms with Crippen LogP contribution < -0.4 is 5.32 Å². The van der Waals surface area contributed by atoms with Crippen LogP contribution in [-0.4, -0.2) is 29.8 Å². The Morgan fingerprint density at radius 1 is 1.14 bits per heavy atom. The number of nitrogens with one attached hydrogen (secondary N) is 1. The lowest BCUT2D eigenvalue weighted by Gasteiger charge is -2.21. The first-order valence-electron chi connectivity index (χ1n) is 8.14. The number of hydrogen-bond donors (Lipinski definition) is 1. The summed E-state index contributed by atoms with van der Waals surface area (Å²) in [5, 5.41) is 2.98. The van der Waals surface area contributed by atoms with Crippen molar-refractivity contribution < 1.29 is 9.59 Å². The molecule has 1 rings (SSSR count). The Bertz CT molecular complexity index is 459. The highest BCUT2D eigenvalue weighted by molar-refractivity contribution is 5.78. The summed E-state index contributed by atoms with van der Waals surface area (Å²) in [6.07, 6.45) is 3.59. The molecule has 1 atom stereocenters. The van der Waals surface area contributed by atoms with E-state index in [1.165, 1.54) is 0 Å². The van der Waals surface area contributed by atoms with Crippen molar-refractivity contribution >= 4 is 11.8 Å². The molecule has 0 aliphatic heterocycles. The molecule has 0 heterocycles. The fourth-order valence-corrected chi connectivity index (χ4v) is 2.35. The first kappa shape index (κ1) is 18.2. The number of carbonyl (C=O) groups excluding carboxylic acids is 2. The first-order chi connectivity index (χ1) is 10.5. The van der Waals surface area contributed by atoms with Crippen molar-refractivity contribution in [1.82, 2.24) is 10.2 Å². The molecule has 1 aromatic rings. The highest BCUT2D eigenvalue weighted by atomic mass is 16.2. The van der Waals surface area contributed by atoms with E-state index in [1.807, 2.05) is 37.3 Å². The second kappa shape index (κ2) is 9.98. The lowest BCUT2D eigenvalue weighted by atomic mass is 10.1. The van der Waals surface area contributed by atoms with Crippen LogP contribution in [0.5, 0.6) is 0 Å². The van der Waals surface area contributed by atoms with E-state index in [-0.39, 0.29) is 17.9 Å². The molecule has 4 nitrogen and oxygen atoms in total. The maximum absolute atomic E-state index is 12.0. The number of rotatable bonds is 9. The number of nitrogens with zero attached hydrogens (tertiary/aromatic N) is 1. The maximum atomic E-state index is 12.0. The van der Waals surface area contributed by atoms with Crippen LogP contribution in [0.2, 0.25) is 0 Å². The minimum atomic E-state index is -0.0157. The predicted molar refractivity (Wildman–Crippen MR) is 89.4 cm³/mol. The summed E-state index contributed by atoms with van der Waals surface area (Å²) in [6.45, 7) is 6.90. The van der Waals surface area contributed by atoms with Gasteiger partial charge in [-0.3, -0.25) is 9.59 Å². The Labute approximate surface area is 133 Å². The minimum Gasteiger partial charge on any atom is -0.350 e. The van der Waals surface area contributed by atoms with Gasteiger partial charge in [0.25, 0.3) is 0 Å². The molecular weight excluding hydrogens is 276 g/mol. The number of amides is 2. The third-order valence-corrected chi connectivity index (χ3v) is 3.76. The molecule has 0 radical (unpaired) electrons. The van der Waals surface area contributed by atoms with E-state index in [0.29, 0.717) is 13.0 Å². The molecule has 1 aromatic carbocycles. The van der Waals surface area contributed by atoms with Gasteiger partial charge in [0.15, 0.2) is 0 Å². The second-order valence-electron chi connectivity index (χ2n) is 5.66. The quantitative estimate of drug-likeness (QED) is 0.712. The van der Waals surface area contributed by atoms with Crippen molar-refractivity contribution in [2.45, 2.75) is 52.5 Å². The molecular formula is C18H28N2O2. The normalized spacial score (nSPS) is 11.8. The molecule has 0 saturated heterocycles. The Morgan fingerprint density at radius 3 is 2.41 bits per heavy atom. The van der Waals surface area contributed by atoms with E-state index >= 15 is 0 Å². The highest BCUT2D eigenvalue weighted by Crippen LogP contribution is 2.11. The zero-order valence-electron chi connectivity index (χ0n) is 14.0. The molecule has 22 heavy (non-hydrogen) atoms. The van der Waals surface area contributed by atoms with Crippen LogP contribution in [0.15, 0.2) is 30.3 Å². The van der Waals surface area contributed by atoms with E-state index in [0.717, 1.165) is 31.4 Å². The molecule has 1 unspecified atom stereocenters. The summed E-state index contributed by atoms with van der Waals surface area (Å²) >= 11 is 0. The summed E-state index contributed by atoms with van der Waals surface area (Å²) in [4.78, 5) is 25.4. The largest absolute Gasteiger partial charge is 0.350 e. The van der Waals surface area contributed by atoms with Gasteiger partial charge in [-0.25, -0.2) is 0 Å². The van der Waals surface area contributed by atoms with Gasteiger partial charge in [-0.05, 0) is 18.9 Å². The van der Waals surface area contributed by atoms with E-state index in [2.05, 4.69) is 12.2 Å². The summed E-state index contributed by atoms with van der Waals surface area (Å²) in [5.74, 6) is 0.0260. The number of benzene rings is 1. The van der Waals surface area contributed by atoms with Gasteiger partial charge in [0.05, 0.1) is 6.04 Å². The molecule has 0 saturated carbocycles. The smallest absolute Gasteiger partial charge is 0.222 e. The van der Waals surface area contributed by atoms with Crippen molar-refractivity contribution in [3.8, 4) is 0 Å². The van der Waals surface area contributed by atoms with Crippen LogP contribution >= 0.6 is 0 Å². The summed E-state index contributed by atoms with van der Waals surface area (Å²) in [6, 6.07) is 9.86. The fraction of sp³-hybridized carbons (Fsp3) is 0.556. The van der Waals surface area contributed by atoms with E-state index in [4.69, 9.17) is 0 Å². The van der Waals surface area contributed by atoms with Gasteiger partial charge in [-0.1, -0.05) is 50.1 Å². The molecule has 0 spiro atoms. The van der Waals surface area contributed by atoms with Crippen molar-refractivity contribution in [1.29, 1.82) is 0 Å². The van der Waals surface area contributed by atoms with Gasteiger partial charge in [-0.15, -0.1) is 0 Å². The van der Waals surface area contributed by atoms with Crippen molar-refractivity contribution in [2.75, 3.05) is 13.1 Å². The molecule has 0 bridgehead atoms. The third-order valence-electron chi connectivity index (χ3n) is 3.76. The Morgan fingerprint density at radius 2 is 1.82 bits per heavy atom. The predicted octanol–water partition coefficient (Wildman–Crippen LogP) is 3.29. The molecule has 122 valence electrons. The van der Waals surface area contributed by atoms with Crippen LogP contribution in [0.3, 0.4) is 0 Å². The average Bonchev–Trinajstić information content (AvgIpc) is 2.51. The Hall–Kier alpha value is -1.84. The SMILES string of the molecule is CCCCCN(CCC(=O)NC(C)c1ccccc1)C(C)=O. The minimum absolute atomic E-state index is 0.0143. The van der Waals surface area contributed by atoms with Crippen molar-refractivity contribution in [3.05, 3.63) is 35.9 Å². The average molecular weight is 304 g/mol. The summed E-state index contributed by atoms with van der Waals surface area (Å²) in [7, 11) is 0. The number of hydrogen-bond acceptors (Lipinski definition) is 2. The molecule has 2 amide bonds. The molecule has 1 N–H and O–H groups in total. The van der Waals surface area contributed by atoms with Crippen LogP contribution in [0.1, 0.15) is 58.1 Å². The fourth-order valence-electron chi connectivity index (χ4n) is 2.35. The van der Waals surface area contributed by atoms with Gasteiger partial charge in [0.1, 0.15) is 0 Å². The topological polar surface area (TPSA) is 49.4 Å². The summed E-state index contributed by atoms with van der Waals surface area (Å²) in [5.41, 5.74) is 1.09. The summed E-state index contributed by atoms with van der Waals surface area (Å²) < 4.78 is 0. The highest BCUT2D eigenvalue weighted by Gasteiger charge is 2.13. The van der Waals surface area contributed by atoms with Crippen LogP contribution in [0.4, 0.5) is 0 Å². The van der Waals surface area contributed by atoms with E-state index in [9.17, 15) is 9.59 Å². The molecule has 0 aliphatic rings. The first-order valence-corrected chi connectivity index (χ1v) is 8.14. The standard InChI is InChI=1S/C18H28N2O2/c1-4-5-9-13-20(16(3)21)14-12-18(22)19-15(2)17-10-7-6-8-11-17/h6-8,10-11,15H,4-5,9,12-14H2,1-3H3,(H,19,22).